The molecule has 0 aliphatic rings. The number of halogens is 3. The first-order valence-electron chi connectivity index (χ1n) is 6.33. The van der Waals surface area contributed by atoms with Crippen LogP contribution in [0.5, 0.6) is 0 Å². The fraction of sp³-hybridized carbons (Fsp3) is 0.250. The molecule has 0 aliphatic heterocycles. The zero-order valence-electron chi connectivity index (χ0n) is 11.3. The highest BCUT2D eigenvalue weighted by atomic mass is 19.4. The maximum atomic E-state index is 13.3. The standard InChI is InChI=1S/C16H16F3N/c1-11-8-9-12(2)14(10-11)20-15(16(17,18)19)13-6-4-3-5-7-13/h3-10,15,20H,1-2H3. The molecule has 0 aliphatic carbocycles. The number of aryl methyl sites for hydroxylation is 2. The quantitative estimate of drug-likeness (QED) is 0.832. The lowest BCUT2D eigenvalue weighted by Crippen LogP contribution is -2.28. The Morgan fingerprint density at radius 3 is 2.20 bits per heavy atom. The summed E-state index contributed by atoms with van der Waals surface area (Å²) in [5.74, 6) is 0. The van der Waals surface area contributed by atoms with E-state index in [-0.39, 0.29) is 5.56 Å². The number of alkyl halides is 3. The van der Waals surface area contributed by atoms with E-state index in [2.05, 4.69) is 5.32 Å². The van der Waals surface area contributed by atoms with Gasteiger partial charge in [0.25, 0.3) is 0 Å². The molecule has 0 spiro atoms. The maximum Gasteiger partial charge on any atom is 0.412 e. The first-order valence-corrected chi connectivity index (χ1v) is 6.33. The summed E-state index contributed by atoms with van der Waals surface area (Å²) < 4.78 is 39.8. The molecule has 2 aromatic carbocycles. The molecule has 1 unspecified atom stereocenters. The molecule has 0 saturated heterocycles. The van der Waals surface area contributed by atoms with Crippen LogP contribution in [0, 0.1) is 13.8 Å². The van der Waals surface area contributed by atoms with Gasteiger partial charge in [-0.25, -0.2) is 0 Å². The van der Waals surface area contributed by atoms with Crippen LogP contribution in [-0.2, 0) is 0 Å². The van der Waals surface area contributed by atoms with E-state index in [0.29, 0.717) is 5.69 Å². The minimum Gasteiger partial charge on any atom is -0.370 e. The second-order valence-corrected chi connectivity index (χ2v) is 4.85. The summed E-state index contributed by atoms with van der Waals surface area (Å²) in [6.07, 6.45) is -4.35. The summed E-state index contributed by atoms with van der Waals surface area (Å²) >= 11 is 0. The number of nitrogens with one attached hydrogen (secondary N) is 1. The Hall–Kier alpha value is -1.97. The highest BCUT2D eigenvalue weighted by Crippen LogP contribution is 2.36. The highest BCUT2D eigenvalue weighted by Gasteiger charge is 2.40. The van der Waals surface area contributed by atoms with E-state index in [0.717, 1.165) is 11.1 Å². The first kappa shape index (κ1) is 14.4. The van der Waals surface area contributed by atoms with Gasteiger partial charge in [0.15, 0.2) is 0 Å². The van der Waals surface area contributed by atoms with Gasteiger partial charge in [-0.15, -0.1) is 0 Å². The number of hydrogen-bond acceptors (Lipinski definition) is 1. The van der Waals surface area contributed by atoms with Gasteiger partial charge in [0.2, 0.25) is 0 Å². The lowest BCUT2D eigenvalue weighted by atomic mass is 10.0. The summed E-state index contributed by atoms with van der Waals surface area (Å²) in [6, 6.07) is 11.6. The van der Waals surface area contributed by atoms with Crippen LogP contribution in [0.3, 0.4) is 0 Å². The van der Waals surface area contributed by atoms with Crippen LogP contribution in [0.4, 0.5) is 18.9 Å². The van der Waals surface area contributed by atoms with Crippen LogP contribution in [0.2, 0.25) is 0 Å². The molecule has 1 nitrogen and oxygen atoms in total. The van der Waals surface area contributed by atoms with Gasteiger partial charge in [0.05, 0.1) is 0 Å². The van der Waals surface area contributed by atoms with Crippen LogP contribution in [0.1, 0.15) is 22.7 Å². The molecular formula is C16H16F3N. The van der Waals surface area contributed by atoms with Crippen molar-refractivity contribution in [2.45, 2.75) is 26.1 Å². The van der Waals surface area contributed by atoms with Gasteiger partial charge in [0, 0.05) is 5.69 Å². The largest absolute Gasteiger partial charge is 0.412 e. The molecule has 2 aromatic rings. The third-order valence-electron chi connectivity index (χ3n) is 3.15. The predicted molar refractivity (Wildman–Crippen MR) is 74.8 cm³/mol. The van der Waals surface area contributed by atoms with Crippen molar-refractivity contribution < 1.29 is 13.2 Å². The van der Waals surface area contributed by atoms with Crippen LogP contribution in [0.15, 0.2) is 48.5 Å². The lowest BCUT2D eigenvalue weighted by molar-refractivity contribution is -0.144. The van der Waals surface area contributed by atoms with Crippen LogP contribution in [-0.4, -0.2) is 6.18 Å². The third kappa shape index (κ3) is 3.32. The topological polar surface area (TPSA) is 12.0 Å². The molecule has 0 radical (unpaired) electrons. The van der Waals surface area contributed by atoms with E-state index in [1.165, 1.54) is 12.1 Å². The van der Waals surface area contributed by atoms with Crippen LogP contribution >= 0.6 is 0 Å². The Morgan fingerprint density at radius 1 is 0.950 bits per heavy atom. The Bertz CT molecular complexity index is 576. The second kappa shape index (κ2) is 5.57. The van der Waals surface area contributed by atoms with Gasteiger partial charge in [-0.2, -0.15) is 13.2 Å². The van der Waals surface area contributed by atoms with Crippen molar-refractivity contribution in [3.05, 3.63) is 65.2 Å². The van der Waals surface area contributed by atoms with Crippen molar-refractivity contribution in [1.29, 1.82) is 0 Å². The van der Waals surface area contributed by atoms with Crippen molar-refractivity contribution in [2.75, 3.05) is 5.32 Å². The predicted octanol–water partition coefficient (Wildman–Crippen LogP) is 5.02. The number of anilines is 1. The van der Waals surface area contributed by atoms with Crippen molar-refractivity contribution in [3.63, 3.8) is 0 Å². The van der Waals surface area contributed by atoms with Crippen molar-refractivity contribution >= 4 is 5.69 Å². The fourth-order valence-corrected chi connectivity index (χ4v) is 2.05. The van der Waals surface area contributed by atoms with Gasteiger partial charge in [0.1, 0.15) is 6.04 Å². The molecule has 1 N–H and O–H groups in total. The van der Waals surface area contributed by atoms with Crippen molar-refractivity contribution in [2.24, 2.45) is 0 Å². The van der Waals surface area contributed by atoms with E-state index >= 15 is 0 Å². The molecule has 106 valence electrons. The summed E-state index contributed by atoms with van der Waals surface area (Å²) in [5.41, 5.74) is 2.44. The average Bonchev–Trinajstić information content (AvgIpc) is 2.39. The van der Waals surface area contributed by atoms with Crippen LogP contribution in [0.25, 0.3) is 0 Å². The van der Waals surface area contributed by atoms with E-state index in [4.69, 9.17) is 0 Å². The SMILES string of the molecule is Cc1ccc(C)c(NC(c2ccccc2)C(F)(F)F)c1. The zero-order chi connectivity index (χ0) is 14.8. The Balaban J connectivity index is 2.37. The Kier molecular flexibility index (Phi) is 4.02. The molecule has 0 amide bonds. The second-order valence-electron chi connectivity index (χ2n) is 4.85. The summed E-state index contributed by atoms with van der Waals surface area (Å²) in [7, 11) is 0. The minimum atomic E-state index is -4.35. The smallest absolute Gasteiger partial charge is 0.370 e. The molecule has 4 heteroatoms. The molecule has 0 fully saturated rings. The van der Waals surface area contributed by atoms with Crippen molar-refractivity contribution in [1.82, 2.24) is 0 Å². The maximum absolute atomic E-state index is 13.3. The van der Waals surface area contributed by atoms with E-state index in [9.17, 15) is 13.2 Å². The molecule has 2 rings (SSSR count). The first-order chi connectivity index (χ1) is 9.38. The molecule has 0 heterocycles. The molecule has 20 heavy (non-hydrogen) atoms. The van der Waals surface area contributed by atoms with Crippen LogP contribution < -0.4 is 5.32 Å². The lowest BCUT2D eigenvalue weighted by Gasteiger charge is -2.24. The summed E-state index contributed by atoms with van der Waals surface area (Å²) in [6.45, 7) is 3.65. The molecule has 1 atom stereocenters. The highest BCUT2D eigenvalue weighted by molar-refractivity contribution is 5.54. The summed E-state index contributed by atoms with van der Waals surface area (Å²) in [5, 5.41) is 2.62. The van der Waals surface area contributed by atoms with E-state index < -0.39 is 12.2 Å². The van der Waals surface area contributed by atoms with Gasteiger partial charge in [-0.05, 0) is 36.6 Å². The van der Waals surface area contributed by atoms with Gasteiger partial charge in [-0.1, -0.05) is 42.5 Å². The fourth-order valence-electron chi connectivity index (χ4n) is 2.05. The van der Waals surface area contributed by atoms with E-state index in [1.807, 2.05) is 19.1 Å². The normalized spacial score (nSPS) is 13.1. The van der Waals surface area contributed by atoms with Gasteiger partial charge in [-0.3, -0.25) is 0 Å². The zero-order valence-corrected chi connectivity index (χ0v) is 11.3. The number of benzene rings is 2. The molecular weight excluding hydrogens is 263 g/mol. The van der Waals surface area contributed by atoms with Gasteiger partial charge >= 0.3 is 6.18 Å². The Morgan fingerprint density at radius 2 is 1.60 bits per heavy atom. The monoisotopic (exact) mass is 279 g/mol. The average molecular weight is 279 g/mol. The Labute approximate surface area is 116 Å². The summed E-state index contributed by atoms with van der Waals surface area (Å²) in [4.78, 5) is 0. The molecule has 0 saturated carbocycles. The minimum absolute atomic E-state index is 0.209. The van der Waals surface area contributed by atoms with E-state index in [1.54, 1.807) is 31.2 Å². The van der Waals surface area contributed by atoms with Gasteiger partial charge < -0.3 is 5.32 Å². The number of rotatable bonds is 3. The van der Waals surface area contributed by atoms with Crippen molar-refractivity contribution in [3.8, 4) is 0 Å². The molecule has 0 bridgehead atoms. The number of hydrogen-bond donors (Lipinski definition) is 1. The third-order valence-corrected chi connectivity index (χ3v) is 3.15. The molecule has 0 aromatic heterocycles.